The van der Waals surface area contributed by atoms with Gasteiger partial charge >= 0.3 is 0 Å². The fraction of sp³-hybridized carbons (Fsp3) is 0.149. The van der Waals surface area contributed by atoms with Crippen molar-refractivity contribution in [2.75, 3.05) is 4.90 Å². The predicted octanol–water partition coefficient (Wildman–Crippen LogP) is 13.7. The predicted molar refractivity (Wildman–Crippen MR) is 209 cm³/mol. The molecule has 0 saturated heterocycles. The molecule has 0 atom stereocenters. The molecule has 0 unspecified atom stereocenters. The first kappa shape index (κ1) is 29.1. The maximum atomic E-state index is 6.93. The summed E-state index contributed by atoms with van der Waals surface area (Å²) in [6.07, 6.45) is 1.12. The molecular weight excluding hydrogens is 611 g/mol. The number of hydrogen-bond donors (Lipinski definition) is 0. The number of furan rings is 2. The van der Waals surface area contributed by atoms with Crippen LogP contribution in [0.2, 0.25) is 0 Å². The third-order valence-electron chi connectivity index (χ3n) is 11.0. The molecule has 3 heteroatoms. The van der Waals surface area contributed by atoms with E-state index in [2.05, 4.69) is 172 Å². The Kier molecular flexibility index (Phi) is 6.04. The number of para-hydroxylation sites is 1. The Morgan fingerprint density at radius 1 is 0.460 bits per heavy atom. The Labute approximate surface area is 291 Å². The lowest BCUT2D eigenvalue weighted by Gasteiger charge is -2.26. The topological polar surface area (TPSA) is 29.5 Å². The molecule has 1 aliphatic rings. The molecule has 50 heavy (non-hydrogen) atoms. The Morgan fingerprint density at radius 2 is 1.14 bits per heavy atom. The molecule has 0 saturated carbocycles. The minimum absolute atomic E-state index is 0.0909. The molecule has 0 spiro atoms. The second-order valence-electron chi connectivity index (χ2n) is 15.3. The zero-order valence-corrected chi connectivity index (χ0v) is 28.7. The van der Waals surface area contributed by atoms with Gasteiger partial charge < -0.3 is 13.7 Å². The summed E-state index contributed by atoms with van der Waals surface area (Å²) in [4.78, 5) is 2.34. The van der Waals surface area contributed by atoms with Gasteiger partial charge in [0.2, 0.25) is 0 Å². The molecule has 2 aromatic heterocycles. The van der Waals surface area contributed by atoms with Crippen LogP contribution < -0.4 is 4.90 Å². The molecule has 242 valence electrons. The van der Waals surface area contributed by atoms with Crippen LogP contribution in [0.25, 0.3) is 65.8 Å². The van der Waals surface area contributed by atoms with Crippen molar-refractivity contribution in [1.82, 2.24) is 0 Å². The van der Waals surface area contributed by atoms with Gasteiger partial charge in [0.05, 0.1) is 17.1 Å². The van der Waals surface area contributed by atoms with Crippen LogP contribution in [0.4, 0.5) is 17.1 Å². The van der Waals surface area contributed by atoms with Crippen molar-refractivity contribution in [2.24, 2.45) is 0 Å². The highest BCUT2D eigenvalue weighted by Crippen LogP contribution is 2.52. The van der Waals surface area contributed by atoms with E-state index in [1.165, 1.54) is 38.4 Å². The molecule has 0 N–H and O–H groups in total. The summed E-state index contributed by atoms with van der Waals surface area (Å²) in [6.45, 7) is 9.47. The van der Waals surface area contributed by atoms with Gasteiger partial charge in [-0.15, -0.1) is 0 Å². The van der Waals surface area contributed by atoms with E-state index in [9.17, 15) is 0 Å². The van der Waals surface area contributed by atoms with Crippen LogP contribution in [0, 0.1) is 0 Å². The van der Waals surface area contributed by atoms with E-state index < -0.39 is 0 Å². The van der Waals surface area contributed by atoms with E-state index in [1.54, 1.807) is 0 Å². The van der Waals surface area contributed by atoms with Crippen molar-refractivity contribution in [3.8, 4) is 11.1 Å². The molecule has 0 radical (unpaired) electrons. The molecule has 0 fully saturated rings. The monoisotopic (exact) mass is 647 g/mol. The minimum Gasteiger partial charge on any atom is -0.456 e. The average molecular weight is 648 g/mol. The molecule has 0 bridgehead atoms. The average Bonchev–Trinajstić information content (AvgIpc) is 3.74. The highest BCUT2D eigenvalue weighted by atomic mass is 16.3. The molecule has 2 heterocycles. The molecule has 0 aliphatic heterocycles. The smallest absolute Gasteiger partial charge is 0.159 e. The van der Waals surface area contributed by atoms with Gasteiger partial charge in [-0.1, -0.05) is 113 Å². The number of rotatable bonds is 4. The SMILES string of the molecule is CC1(C)CC(C)(C)c2cc3c(cc21)oc1c(N(c2ccc4c(c2)oc2ccc(-c5ccccc5)cc24)c2cccc4ccccc24)cccc13. The third-order valence-corrected chi connectivity index (χ3v) is 11.0. The van der Waals surface area contributed by atoms with Crippen LogP contribution in [0.3, 0.4) is 0 Å². The summed E-state index contributed by atoms with van der Waals surface area (Å²) >= 11 is 0. The Balaban J connectivity index is 1.21. The summed E-state index contributed by atoms with van der Waals surface area (Å²) in [5.74, 6) is 0. The summed E-state index contributed by atoms with van der Waals surface area (Å²) in [5, 5.41) is 6.87. The molecular formula is C47H37NO2. The standard InChI is InChI=1S/C47H37NO2/c1-46(2)28-47(3,4)39-27-44-37(26-38(39)46)35-17-11-19-41(45(35)50-44)48(40-18-10-15-30-14-8-9-16-33(30)40)32-21-22-34-36-24-31(29-12-6-5-7-13-29)20-23-42(36)49-43(34)25-32/h5-27H,28H2,1-4H3. The largest absolute Gasteiger partial charge is 0.456 e. The van der Waals surface area contributed by atoms with E-state index in [4.69, 9.17) is 8.83 Å². The molecule has 9 aromatic rings. The van der Waals surface area contributed by atoms with E-state index in [0.29, 0.717) is 0 Å². The Bertz CT molecular complexity index is 2790. The Morgan fingerprint density at radius 3 is 2.00 bits per heavy atom. The van der Waals surface area contributed by atoms with Crippen LogP contribution in [0.15, 0.2) is 148 Å². The number of benzene rings is 7. The van der Waals surface area contributed by atoms with Crippen LogP contribution in [-0.2, 0) is 10.8 Å². The molecule has 10 rings (SSSR count). The lowest BCUT2D eigenvalue weighted by Crippen LogP contribution is -2.17. The fourth-order valence-electron chi connectivity index (χ4n) is 8.95. The van der Waals surface area contributed by atoms with Crippen LogP contribution in [0.1, 0.15) is 45.2 Å². The normalized spacial score (nSPS) is 15.0. The van der Waals surface area contributed by atoms with Gasteiger partial charge in [-0.05, 0) is 93.4 Å². The first-order valence-corrected chi connectivity index (χ1v) is 17.6. The molecule has 1 aliphatic carbocycles. The quantitative estimate of drug-likeness (QED) is 0.190. The molecule has 0 amide bonds. The van der Waals surface area contributed by atoms with Gasteiger partial charge in [0.1, 0.15) is 16.7 Å². The summed E-state index contributed by atoms with van der Waals surface area (Å²) in [6, 6.07) is 50.0. The number of anilines is 3. The van der Waals surface area contributed by atoms with Gasteiger partial charge in [0.25, 0.3) is 0 Å². The van der Waals surface area contributed by atoms with E-state index in [-0.39, 0.29) is 10.8 Å². The minimum atomic E-state index is 0.0909. The van der Waals surface area contributed by atoms with E-state index >= 15 is 0 Å². The summed E-state index contributed by atoms with van der Waals surface area (Å²) in [7, 11) is 0. The van der Waals surface area contributed by atoms with Crippen molar-refractivity contribution in [1.29, 1.82) is 0 Å². The lowest BCUT2D eigenvalue weighted by molar-refractivity contribution is 0.403. The number of hydrogen-bond acceptors (Lipinski definition) is 3. The van der Waals surface area contributed by atoms with Gasteiger partial charge in [-0.25, -0.2) is 0 Å². The van der Waals surface area contributed by atoms with Gasteiger partial charge in [0.15, 0.2) is 5.58 Å². The number of nitrogens with zero attached hydrogens (tertiary/aromatic N) is 1. The van der Waals surface area contributed by atoms with Crippen molar-refractivity contribution in [2.45, 2.75) is 44.9 Å². The van der Waals surface area contributed by atoms with E-state index in [1.807, 2.05) is 0 Å². The second kappa shape index (κ2) is 10.4. The maximum absolute atomic E-state index is 6.93. The summed E-state index contributed by atoms with van der Waals surface area (Å²) < 4.78 is 13.5. The first-order chi connectivity index (χ1) is 24.2. The fourth-order valence-corrected chi connectivity index (χ4v) is 8.95. The van der Waals surface area contributed by atoms with Crippen LogP contribution >= 0.6 is 0 Å². The van der Waals surface area contributed by atoms with Crippen LogP contribution in [-0.4, -0.2) is 0 Å². The zero-order chi connectivity index (χ0) is 33.8. The highest BCUT2D eigenvalue weighted by Gasteiger charge is 2.42. The van der Waals surface area contributed by atoms with Crippen molar-refractivity contribution >= 4 is 71.7 Å². The molecule has 3 nitrogen and oxygen atoms in total. The first-order valence-electron chi connectivity index (χ1n) is 17.6. The van der Waals surface area contributed by atoms with Gasteiger partial charge in [0, 0.05) is 33.0 Å². The molecule has 7 aromatic carbocycles. The van der Waals surface area contributed by atoms with Gasteiger partial charge in [-0.3, -0.25) is 0 Å². The van der Waals surface area contributed by atoms with Crippen molar-refractivity contribution in [3.63, 3.8) is 0 Å². The van der Waals surface area contributed by atoms with Gasteiger partial charge in [-0.2, -0.15) is 0 Å². The highest BCUT2D eigenvalue weighted by molar-refractivity contribution is 6.13. The van der Waals surface area contributed by atoms with E-state index in [0.717, 1.165) is 62.0 Å². The lowest BCUT2D eigenvalue weighted by atomic mass is 9.82. The number of fused-ring (bicyclic) bond motifs is 8. The summed E-state index contributed by atoms with van der Waals surface area (Å²) in [5.41, 5.74) is 12.0. The maximum Gasteiger partial charge on any atom is 0.159 e. The van der Waals surface area contributed by atoms with Crippen molar-refractivity contribution in [3.05, 3.63) is 151 Å². The second-order valence-corrected chi connectivity index (χ2v) is 15.3. The Hall–Kier alpha value is -5.80. The van der Waals surface area contributed by atoms with Crippen molar-refractivity contribution < 1.29 is 8.83 Å². The zero-order valence-electron chi connectivity index (χ0n) is 28.7. The third kappa shape index (κ3) is 4.29. The van der Waals surface area contributed by atoms with Crippen LogP contribution in [0.5, 0.6) is 0 Å².